The Morgan fingerprint density at radius 3 is 2.13 bits per heavy atom. The van der Waals surface area contributed by atoms with Gasteiger partial charge in [-0.1, -0.05) is 103 Å². The normalized spacial score (nSPS) is 12.0. The lowest BCUT2D eigenvalue weighted by atomic mass is 9.92. The van der Waals surface area contributed by atoms with Crippen LogP contribution < -0.4 is 9.64 Å². The van der Waals surface area contributed by atoms with Crippen LogP contribution in [0.15, 0.2) is 164 Å². The minimum atomic E-state index is 0.884. The van der Waals surface area contributed by atoms with Crippen LogP contribution in [-0.2, 0) is 0 Å². The molecular weight excluding hydrogens is 591 g/mol. The lowest BCUT2D eigenvalue weighted by molar-refractivity contribution is 0.487. The summed E-state index contributed by atoms with van der Waals surface area (Å²) >= 11 is 1.85. The average molecular weight is 618 g/mol. The Morgan fingerprint density at radius 2 is 1.19 bits per heavy atom. The lowest BCUT2D eigenvalue weighted by Gasteiger charge is -2.29. The van der Waals surface area contributed by atoms with E-state index >= 15 is 0 Å². The van der Waals surface area contributed by atoms with Crippen LogP contribution in [0.1, 0.15) is 0 Å². The Hall–Kier alpha value is -5.90. The third-order valence-corrected chi connectivity index (χ3v) is 10.6. The Labute approximate surface area is 276 Å². The molecule has 3 heteroatoms. The van der Waals surface area contributed by atoms with Crippen LogP contribution in [-0.4, -0.2) is 0 Å². The van der Waals surface area contributed by atoms with E-state index in [0.717, 1.165) is 50.5 Å². The van der Waals surface area contributed by atoms with Gasteiger partial charge in [0, 0.05) is 47.9 Å². The Bertz CT molecular complexity index is 2670. The molecule has 0 N–H and O–H groups in total. The van der Waals surface area contributed by atoms with Gasteiger partial charge in [-0.15, -0.1) is 11.3 Å². The SMILES string of the molecule is c1ccc(-c2ccc3c(c2)Oc2ccc(N(c4ccc5ccccc5c4)c4ccc5sc6ccccc6c5c4)c4cccc-3c24)cc1. The van der Waals surface area contributed by atoms with E-state index in [9.17, 15) is 0 Å². The van der Waals surface area contributed by atoms with Gasteiger partial charge >= 0.3 is 0 Å². The van der Waals surface area contributed by atoms with E-state index in [-0.39, 0.29) is 0 Å². The van der Waals surface area contributed by atoms with Crippen LogP contribution in [0.2, 0.25) is 0 Å². The minimum Gasteiger partial charge on any atom is -0.456 e. The summed E-state index contributed by atoms with van der Waals surface area (Å²) in [6, 6.07) is 59.0. The Morgan fingerprint density at radius 1 is 0.426 bits per heavy atom. The molecule has 0 amide bonds. The number of hydrogen-bond acceptors (Lipinski definition) is 3. The zero-order valence-electron chi connectivity index (χ0n) is 25.4. The topological polar surface area (TPSA) is 12.5 Å². The highest BCUT2D eigenvalue weighted by atomic mass is 32.1. The second kappa shape index (κ2) is 10.3. The van der Waals surface area contributed by atoms with Crippen LogP contribution in [0, 0.1) is 0 Å². The summed E-state index contributed by atoms with van der Waals surface area (Å²) in [7, 11) is 0. The maximum atomic E-state index is 6.69. The molecule has 1 aliphatic heterocycles. The van der Waals surface area contributed by atoms with E-state index in [1.54, 1.807) is 0 Å². The molecule has 1 aliphatic rings. The monoisotopic (exact) mass is 617 g/mol. The molecule has 9 aromatic rings. The van der Waals surface area contributed by atoms with Crippen molar-refractivity contribution in [2.45, 2.75) is 0 Å². The standard InChI is InChI=1S/C44H27NOS/c1-2-9-28(10-3-1)31-18-21-34-36-14-8-15-37-39(22-23-40(44(36)37)46-41(34)26-31)45(32-19-17-29-11-4-5-12-30(29)25-32)33-20-24-43-38(27-33)35-13-6-7-16-42(35)47-43/h1-27H. The summed E-state index contributed by atoms with van der Waals surface area (Å²) in [5.74, 6) is 1.77. The minimum absolute atomic E-state index is 0.884. The molecule has 0 spiro atoms. The number of nitrogens with zero attached hydrogens (tertiary/aromatic N) is 1. The first-order valence-corrected chi connectivity index (χ1v) is 16.7. The maximum absolute atomic E-state index is 6.69. The van der Waals surface area contributed by atoms with E-state index in [1.165, 1.54) is 42.1 Å². The van der Waals surface area contributed by atoms with E-state index in [4.69, 9.17) is 4.74 Å². The largest absolute Gasteiger partial charge is 0.456 e. The molecule has 0 saturated carbocycles. The molecule has 47 heavy (non-hydrogen) atoms. The Balaban J connectivity index is 1.20. The smallest absolute Gasteiger partial charge is 0.136 e. The van der Waals surface area contributed by atoms with Crippen molar-refractivity contribution < 1.29 is 4.74 Å². The van der Waals surface area contributed by atoms with Crippen molar-refractivity contribution in [1.29, 1.82) is 0 Å². The summed E-state index contributed by atoms with van der Waals surface area (Å²) in [6.45, 7) is 0. The number of benzene rings is 8. The van der Waals surface area contributed by atoms with E-state index < -0.39 is 0 Å². The first kappa shape index (κ1) is 26.3. The summed E-state index contributed by atoms with van der Waals surface area (Å²) in [5, 5.41) is 7.31. The van der Waals surface area contributed by atoms with Gasteiger partial charge in [-0.2, -0.15) is 0 Å². The van der Waals surface area contributed by atoms with Gasteiger partial charge in [0.15, 0.2) is 0 Å². The molecule has 0 aliphatic carbocycles. The number of ether oxygens (including phenoxy) is 1. The van der Waals surface area contributed by atoms with Gasteiger partial charge < -0.3 is 9.64 Å². The molecule has 8 aromatic carbocycles. The first-order chi connectivity index (χ1) is 23.3. The molecule has 2 nitrogen and oxygen atoms in total. The molecule has 0 radical (unpaired) electrons. The van der Waals surface area contributed by atoms with Crippen molar-refractivity contribution in [2.75, 3.05) is 4.90 Å². The van der Waals surface area contributed by atoms with Crippen molar-refractivity contribution in [3.63, 3.8) is 0 Å². The van der Waals surface area contributed by atoms with Gasteiger partial charge in [0.1, 0.15) is 11.5 Å². The fraction of sp³-hybridized carbons (Fsp3) is 0. The van der Waals surface area contributed by atoms with Crippen molar-refractivity contribution >= 4 is 70.1 Å². The molecule has 0 unspecified atom stereocenters. The first-order valence-electron chi connectivity index (χ1n) is 15.9. The predicted octanol–water partition coefficient (Wildman–Crippen LogP) is 13.3. The molecule has 10 rings (SSSR count). The van der Waals surface area contributed by atoms with Gasteiger partial charge in [-0.25, -0.2) is 0 Å². The highest BCUT2D eigenvalue weighted by molar-refractivity contribution is 7.25. The zero-order chi connectivity index (χ0) is 30.9. The summed E-state index contributed by atoms with van der Waals surface area (Å²) in [4.78, 5) is 2.41. The molecule has 1 aromatic heterocycles. The summed E-state index contributed by atoms with van der Waals surface area (Å²) in [5.41, 5.74) is 8.00. The molecule has 0 bridgehead atoms. The summed E-state index contributed by atoms with van der Waals surface area (Å²) < 4.78 is 9.30. The highest BCUT2D eigenvalue weighted by Gasteiger charge is 2.25. The molecule has 0 atom stereocenters. The van der Waals surface area contributed by atoms with E-state index in [1.807, 2.05) is 11.3 Å². The number of fused-ring (bicyclic) bond motifs is 6. The molecule has 0 saturated heterocycles. The van der Waals surface area contributed by atoms with E-state index in [2.05, 4.69) is 169 Å². The van der Waals surface area contributed by atoms with Crippen LogP contribution in [0.4, 0.5) is 17.1 Å². The second-order valence-corrected chi connectivity index (χ2v) is 13.2. The van der Waals surface area contributed by atoms with Crippen LogP contribution in [0.3, 0.4) is 0 Å². The van der Waals surface area contributed by atoms with Crippen LogP contribution in [0.25, 0.3) is 64.0 Å². The average Bonchev–Trinajstić information content (AvgIpc) is 3.51. The number of thiophene rings is 1. The van der Waals surface area contributed by atoms with Crippen molar-refractivity contribution in [2.24, 2.45) is 0 Å². The fourth-order valence-corrected chi connectivity index (χ4v) is 8.30. The van der Waals surface area contributed by atoms with Crippen LogP contribution in [0.5, 0.6) is 11.5 Å². The number of hydrogen-bond donors (Lipinski definition) is 0. The van der Waals surface area contributed by atoms with Crippen LogP contribution >= 0.6 is 11.3 Å². The third kappa shape index (κ3) is 4.17. The van der Waals surface area contributed by atoms with Gasteiger partial charge in [0.05, 0.1) is 5.69 Å². The van der Waals surface area contributed by atoms with Crippen molar-refractivity contribution in [3.05, 3.63) is 164 Å². The van der Waals surface area contributed by atoms with Gasteiger partial charge in [0.2, 0.25) is 0 Å². The highest BCUT2D eigenvalue weighted by Crippen LogP contribution is 2.51. The maximum Gasteiger partial charge on any atom is 0.136 e. The predicted molar refractivity (Wildman–Crippen MR) is 200 cm³/mol. The second-order valence-electron chi connectivity index (χ2n) is 12.1. The van der Waals surface area contributed by atoms with Crippen molar-refractivity contribution in [3.8, 4) is 33.8 Å². The Kier molecular flexibility index (Phi) is 5.78. The molecule has 2 heterocycles. The molecule has 0 fully saturated rings. The van der Waals surface area contributed by atoms with Gasteiger partial charge in [0.25, 0.3) is 0 Å². The van der Waals surface area contributed by atoms with Gasteiger partial charge in [-0.05, 0) is 88.1 Å². The number of rotatable bonds is 4. The fourth-order valence-electron chi connectivity index (χ4n) is 7.22. The third-order valence-electron chi connectivity index (χ3n) is 9.43. The van der Waals surface area contributed by atoms with Gasteiger partial charge in [-0.3, -0.25) is 0 Å². The number of anilines is 3. The quantitative estimate of drug-likeness (QED) is 0.195. The molecule has 220 valence electrons. The van der Waals surface area contributed by atoms with E-state index in [0.29, 0.717) is 0 Å². The lowest BCUT2D eigenvalue weighted by Crippen LogP contribution is -2.11. The summed E-state index contributed by atoms with van der Waals surface area (Å²) in [6.07, 6.45) is 0. The zero-order valence-corrected chi connectivity index (χ0v) is 26.2. The molecular formula is C44H27NOS. The van der Waals surface area contributed by atoms with Crippen molar-refractivity contribution in [1.82, 2.24) is 0 Å².